The molecule has 0 saturated carbocycles. The van der Waals surface area contributed by atoms with Gasteiger partial charge in [-0.1, -0.05) is 184 Å². The molecule has 0 saturated heterocycles. The molecule has 1 aromatic heterocycles. The first-order chi connectivity index (χ1) is 32.5. The molecule has 0 bridgehead atoms. The van der Waals surface area contributed by atoms with Crippen LogP contribution in [-0.4, -0.2) is 4.57 Å². The summed E-state index contributed by atoms with van der Waals surface area (Å²) in [4.78, 5) is 2.42. The van der Waals surface area contributed by atoms with E-state index < -0.39 is 5.41 Å². The van der Waals surface area contributed by atoms with Gasteiger partial charge in [-0.25, -0.2) is 0 Å². The summed E-state index contributed by atoms with van der Waals surface area (Å²) in [6.45, 7) is 4.96. The zero-order valence-electron chi connectivity index (χ0n) is 36.8. The Bertz CT molecular complexity index is 3770. The molecule has 10 aromatic carbocycles. The predicted molar refractivity (Wildman–Crippen MR) is 275 cm³/mol. The Kier molecular flexibility index (Phi) is 7.70. The van der Waals surface area contributed by atoms with Crippen molar-refractivity contribution in [1.29, 1.82) is 0 Å². The predicted octanol–water partition coefficient (Wildman–Crippen LogP) is 16.6. The van der Waals surface area contributed by atoms with Crippen molar-refractivity contribution in [2.75, 3.05) is 4.90 Å². The molecular weight excluding hydrogens is 797 g/mol. The van der Waals surface area contributed by atoms with E-state index in [1.165, 1.54) is 105 Å². The van der Waals surface area contributed by atoms with E-state index in [1.807, 2.05) is 0 Å². The van der Waals surface area contributed by atoms with E-state index in [4.69, 9.17) is 0 Å². The van der Waals surface area contributed by atoms with Crippen molar-refractivity contribution in [1.82, 2.24) is 4.57 Å². The van der Waals surface area contributed by atoms with E-state index in [0.29, 0.717) is 0 Å². The topological polar surface area (TPSA) is 8.17 Å². The molecule has 3 aliphatic rings. The van der Waals surface area contributed by atoms with Crippen LogP contribution in [0.2, 0.25) is 0 Å². The lowest BCUT2D eigenvalue weighted by molar-refractivity contribution is 0.667. The van der Waals surface area contributed by atoms with Gasteiger partial charge in [0.1, 0.15) is 0 Å². The third kappa shape index (κ3) is 4.85. The molecule has 1 unspecified atom stereocenters. The molecule has 0 radical (unpaired) electrons. The summed E-state index contributed by atoms with van der Waals surface area (Å²) >= 11 is 0. The summed E-state index contributed by atoms with van der Waals surface area (Å²) in [6, 6.07) is 85.8. The Morgan fingerprint density at radius 3 is 1.68 bits per heavy atom. The Labute approximate surface area is 385 Å². The molecular formula is C64H44N2. The zero-order chi connectivity index (χ0) is 43.7. The van der Waals surface area contributed by atoms with Crippen molar-refractivity contribution >= 4 is 38.9 Å². The zero-order valence-corrected chi connectivity index (χ0v) is 36.8. The van der Waals surface area contributed by atoms with E-state index in [9.17, 15) is 0 Å². The standard InChI is InChI=1S/C64H44N2/c1-63(2)61-49(50-37-39-58-60(62(50)63)52-26-14-17-29-57(52)66(58)44-22-10-5-11-23-44)36-38-55-59(61)51-25-13-16-28-54(51)64(55)53-27-15-12-24-47(53)48-35-34-46(40-56(48)64)65(43-20-8-4-9-21-43)45-32-30-42(31-33-45)41-18-6-3-7-19-41/h3-40H,1-2H3. The van der Waals surface area contributed by atoms with Crippen LogP contribution in [0.25, 0.3) is 72.0 Å². The number of nitrogens with zero attached hydrogens (tertiary/aromatic N) is 2. The van der Waals surface area contributed by atoms with Crippen molar-refractivity contribution in [3.8, 4) is 50.2 Å². The van der Waals surface area contributed by atoms with Gasteiger partial charge in [-0.05, 0) is 139 Å². The van der Waals surface area contributed by atoms with Crippen molar-refractivity contribution in [3.63, 3.8) is 0 Å². The van der Waals surface area contributed by atoms with Gasteiger partial charge in [0.25, 0.3) is 0 Å². The molecule has 11 aromatic rings. The fourth-order valence-corrected chi connectivity index (χ4v) is 12.6. The minimum atomic E-state index is -0.522. The summed E-state index contributed by atoms with van der Waals surface area (Å²) in [6.07, 6.45) is 0. The second kappa shape index (κ2) is 13.7. The van der Waals surface area contributed by atoms with E-state index in [-0.39, 0.29) is 5.41 Å². The smallest absolute Gasteiger partial charge is 0.0726 e. The monoisotopic (exact) mass is 840 g/mol. The molecule has 0 N–H and O–H groups in total. The van der Waals surface area contributed by atoms with Gasteiger partial charge in [-0.2, -0.15) is 0 Å². The molecule has 2 heteroatoms. The Hall–Kier alpha value is -8.20. The molecule has 14 rings (SSSR count). The fourth-order valence-electron chi connectivity index (χ4n) is 12.6. The van der Waals surface area contributed by atoms with Crippen molar-refractivity contribution in [2.24, 2.45) is 0 Å². The van der Waals surface area contributed by atoms with E-state index in [0.717, 1.165) is 17.1 Å². The van der Waals surface area contributed by atoms with E-state index in [1.54, 1.807) is 0 Å². The first kappa shape index (κ1) is 37.2. The number of benzene rings is 10. The number of hydrogen-bond donors (Lipinski definition) is 0. The SMILES string of the molecule is CC1(C)c2c(ccc3c2-c2ccccc2C32c3ccccc3-c3ccc(N(c4ccccc4)c4ccc(-c5ccccc5)cc4)cc32)-c2ccc3c(c21)c1ccccc1n3-c1ccccc1. The minimum Gasteiger partial charge on any atom is -0.310 e. The van der Waals surface area contributed by atoms with Crippen LogP contribution in [0, 0.1) is 0 Å². The highest BCUT2D eigenvalue weighted by Crippen LogP contribution is 2.67. The third-order valence-electron chi connectivity index (χ3n) is 15.1. The number of anilines is 3. The molecule has 2 nitrogen and oxygen atoms in total. The van der Waals surface area contributed by atoms with Gasteiger partial charge in [0.2, 0.25) is 0 Å². The summed E-state index contributed by atoms with van der Waals surface area (Å²) in [7, 11) is 0. The first-order valence-electron chi connectivity index (χ1n) is 23.2. The van der Waals surface area contributed by atoms with Crippen LogP contribution < -0.4 is 4.90 Å². The highest BCUT2D eigenvalue weighted by Gasteiger charge is 2.54. The fraction of sp³-hybridized carbons (Fsp3) is 0.0625. The van der Waals surface area contributed by atoms with Gasteiger partial charge < -0.3 is 9.47 Å². The van der Waals surface area contributed by atoms with Gasteiger partial charge in [0, 0.05) is 38.9 Å². The van der Waals surface area contributed by atoms with Crippen LogP contribution in [0.15, 0.2) is 231 Å². The van der Waals surface area contributed by atoms with E-state index >= 15 is 0 Å². The molecule has 3 aliphatic carbocycles. The van der Waals surface area contributed by atoms with Crippen LogP contribution in [0.3, 0.4) is 0 Å². The lowest BCUT2D eigenvalue weighted by Gasteiger charge is -2.33. The Morgan fingerprint density at radius 1 is 0.364 bits per heavy atom. The largest absolute Gasteiger partial charge is 0.310 e. The van der Waals surface area contributed by atoms with Crippen LogP contribution in [-0.2, 0) is 10.8 Å². The maximum Gasteiger partial charge on any atom is 0.0726 e. The highest BCUT2D eigenvalue weighted by atomic mass is 15.1. The number of fused-ring (bicyclic) bond motifs is 18. The Morgan fingerprint density at radius 2 is 0.909 bits per heavy atom. The van der Waals surface area contributed by atoms with Crippen LogP contribution in [0.1, 0.15) is 47.2 Å². The molecule has 0 fully saturated rings. The van der Waals surface area contributed by atoms with Gasteiger partial charge in [0.05, 0.1) is 16.4 Å². The molecule has 1 spiro atoms. The maximum atomic E-state index is 2.51. The number of rotatable bonds is 5. The molecule has 310 valence electrons. The number of hydrogen-bond acceptors (Lipinski definition) is 1. The van der Waals surface area contributed by atoms with Gasteiger partial charge >= 0.3 is 0 Å². The summed E-state index contributed by atoms with van der Waals surface area (Å²) < 4.78 is 2.46. The first-order valence-corrected chi connectivity index (χ1v) is 23.2. The third-order valence-corrected chi connectivity index (χ3v) is 15.1. The molecule has 66 heavy (non-hydrogen) atoms. The summed E-state index contributed by atoms with van der Waals surface area (Å²) in [5.74, 6) is 0. The average molecular weight is 841 g/mol. The van der Waals surface area contributed by atoms with Crippen LogP contribution in [0.5, 0.6) is 0 Å². The number of para-hydroxylation sites is 3. The lowest BCUT2D eigenvalue weighted by Crippen LogP contribution is -2.26. The minimum absolute atomic E-state index is 0.307. The van der Waals surface area contributed by atoms with Gasteiger partial charge in [-0.15, -0.1) is 0 Å². The molecule has 0 aliphatic heterocycles. The van der Waals surface area contributed by atoms with Crippen molar-refractivity contribution < 1.29 is 0 Å². The van der Waals surface area contributed by atoms with Gasteiger partial charge in [-0.3, -0.25) is 0 Å². The van der Waals surface area contributed by atoms with E-state index in [2.05, 4.69) is 254 Å². The Balaban J connectivity index is 1.01. The highest BCUT2D eigenvalue weighted by molar-refractivity contribution is 6.15. The van der Waals surface area contributed by atoms with Crippen LogP contribution in [0.4, 0.5) is 17.1 Å². The van der Waals surface area contributed by atoms with Crippen molar-refractivity contribution in [2.45, 2.75) is 24.7 Å². The molecule has 0 amide bonds. The maximum absolute atomic E-state index is 2.51. The quantitative estimate of drug-likeness (QED) is 0.168. The van der Waals surface area contributed by atoms with Gasteiger partial charge in [0.15, 0.2) is 0 Å². The second-order valence-electron chi connectivity index (χ2n) is 18.8. The summed E-state index contributed by atoms with van der Waals surface area (Å²) in [5.41, 5.74) is 24.9. The lowest BCUT2D eigenvalue weighted by atomic mass is 9.69. The van der Waals surface area contributed by atoms with Crippen molar-refractivity contribution in [3.05, 3.63) is 264 Å². The molecule has 1 atom stereocenters. The second-order valence-corrected chi connectivity index (χ2v) is 18.8. The number of aromatic nitrogens is 1. The average Bonchev–Trinajstić information content (AvgIpc) is 4.05. The van der Waals surface area contributed by atoms with Crippen LogP contribution >= 0.6 is 0 Å². The summed E-state index contributed by atoms with van der Waals surface area (Å²) in [5, 5.41) is 2.65. The molecule has 1 heterocycles. The normalized spacial score (nSPS) is 15.6.